The van der Waals surface area contributed by atoms with Gasteiger partial charge in [-0.2, -0.15) is 5.10 Å². The zero-order valence-corrected chi connectivity index (χ0v) is 12.1. The normalized spacial score (nSPS) is 10.9. The second kappa shape index (κ2) is 6.81. The van der Waals surface area contributed by atoms with E-state index >= 15 is 0 Å². The molecule has 0 saturated carbocycles. The summed E-state index contributed by atoms with van der Waals surface area (Å²) in [6.45, 7) is 0. The summed E-state index contributed by atoms with van der Waals surface area (Å²) in [6.07, 6.45) is 1.67. The van der Waals surface area contributed by atoms with Crippen molar-refractivity contribution in [3.8, 4) is 0 Å². The number of para-hydroxylation sites is 1. The molecule has 3 aromatic rings. The van der Waals surface area contributed by atoms with E-state index in [-0.39, 0.29) is 0 Å². The van der Waals surface area contributed by atoms with Crippen LogP contribution in [0.5, 0.6) is 0 Å². The molecule has 0 spiro atoms. The van der Waals surface area contributed by atoms with Crippen molar-refractivity contribution in [3.63, 3.8) is 0 Å². The van der Waals surface area contributed by atoms with E-state index in [0.717, 1.165) is 21.4 Å². The molecule has 0 unspecified atom stereocenters. The molecule has 0 aliphatic heterocycles. The van der Waals surface area contributed by atoms with Gasteiger partial charge in [0.2, 0.25) is 0 Å². The highest BCUT2D eigenvalue weighted by Gasteiger charge is 2.02. The second-order valence-corrected chi connectivity index (χ2v) is 5.39. The molecule has 0 amide bonds. The van der Waals surface area contributed by atoms with Crippen LogP contribution in [0.1, 0.15) is 5.76 Å². The highest BCUT2D eigenvalue weighted by molar-refractivity contribution is 7.99. The third-order valence-electron chi connectivity index (χ3n) is 2.72. The molecule has 0 saturated heterocycles. The van der Waals surface area contributed by atoms with Gasteiger partial charge in [-0.1, -0.05) is 48.2 Å². The van der Waals surface area contributed by atoms with E-state index in [2.05, 4.69) is 22.7 Å². The number of hydrazone groups is 1. The van der Waals surface area contributed by atoms with Gasteiger partial charge in [0.05, 0.1) is 11.9 Å². The smallest absolute Gasteiger partial charge is 0.165 e. The first kappa shape index (κ1) is 13.5. The Morgan fingerprint density at radius 3 is 2.33 bits per heavy atom. The SMILES string of the molecule is C(=N/Nc1ccccc1)/c1ccc(Sc2ccccc2)o1. The molecule has 4 heteroatoms. The minimum atomic E-state index is 0.719. The molecule has 3 nitrogen and oxygen atoms in total. The molecular formula is C17H14N2OS. The number of rotatable bonds is 5. The van der Waals surface area contributed by atoms with E-state index in [4.69, 9.17) is 4.42 Å². The van der Waals surface area contributed by atoms with Crippen LogP contribution in [0.3, 0.4) is 0 Å². The third kappa shape index (κ3) is 4.00. The molecule has 3 rings (SSSR count). The predicted octanol–water partition coefficient (Wildman–Crippen LogP) is 4.88. The van der Waals surface area contributed by atoms with Crippen molar-refractivity contribution < 1.29 is 4.42 Å². The maximum Gasteiger partial charge on any atom is 0.165 e. The lowest BCUT2D eigenvalue weighted by atomic mass is 10.3. The van der Waals surface area contributed by atoms with Crippen LogP contribution in [0, 0.1) is 0 Å². The first-order valence-electron chi connectivity index (χ1n) is 6.57. The molecule has 0 aliphatic carbocycles. The van der Waals surface area contributed by atoms with E-state index in [1.807, 2.05) is 60.7 Å². The van der Waals surface area contributed by atoms with Crippen molar-refractivity contribution in [3.05, 3.63) is 78.6 Å². The fraction of sp³-hybridized carbons (Fsp3) is 0. The molecule has 0 bridgehead atoms. The lowest BCUT2D eigenvalue weighted by molar-refractivity contribution is 0.469. The van der Waals surface area contributed by atoms with Gasteiger partial charge < -0.3 is 4.42 Å². The molecule has 1 N–H and O–H groups in total. The van der Waals surface area contributed by atoms with Crippen molar-refractivity contribution >= 4 is 23.7 Å². The first-order chi connectivity index (χ1) is 10.4. The van der Waals surface area contributed by atoms with Crippen LogP contribution >= 0.6 is 11.8 Å². The molecule has 21 heavy (non-hydrogen) atoms. The summed E-state index contributed by atoms with van der Waals surface area (Å²) >= 11 is 1.59. The monoisotopic (exact) mass is 294 g/mol. The maximum atomic E-state index is 5.70. The summed E-state index contributed by atoms with van der Waals surface area (Å²) in [5.41, 5.74) is 3.90. The van der Waals surface area contributed by atoms with Gasteiger partial charge in [0.15, 0.2) is 5.09 Å². The Morgan fingerprint density at radius 2 is 1.57 bits per heavy atom. The highest BCUT2D eigenvalue weighted by Crippen LogP contribution is 2.28. The number of hydrogen-bond acceptors (Lipinski definition) is 4. The maximum absolute atomic E-state index is 5.70. The minimum absolute atomic E-state index is 0.719. The number of anilines is 1. The molecule has 2 aromatic carbocycles. The fourth-order valence-corrected chi connectivity index (χ4v) is 2.55. The average Bonchev–Trinajstić information content (AvgIpc) is 2.97. The fourth-order valence-electron chi connectivity index (χ4n) is 1.75. The number of nitrogens with zero attached hydrogens (tertiary/aromatic N) is 1. The van der Waals surface area contributed by atoms with Gasteiger partial charge in [-0.05, 0) is 36.4 Å². The van der Waals surface area contributed by atoms with Gasteiger partial charge in [-0.25, -0.2) is 0 Å². The van der Waals surface area contributed by atoms with Crippen molar-refractivity contribution in [2.24, 2.45) is 5.10 Å². The van der Waals surface area contributed by atoms with E-state index in [9.17, 15) is 0 Å². The Kier molecular flexibility index (Phi) is 4.39. The van der Waals surface area contributed by atoms with E-state index in [1.165, 1.54) is 0 Å². The molecule has 0 aliphatic rings. The Balaban J connectivity index is 1.60. The van der Waals surface area contributed by atoms with Gasteiger partial charge in [0.1, 0.15) is 5.76 Å². The largest absolute Gasteiger partial charge is 0.448 e. The van der Waals surface area contributed by atoms with Gasteiger partial charge in [-0.15, -0.1) is 0 Å². The van der Waals surface area contributed by atoms with Gasteiger partial charge in [0.25, 0.3) is 0 Å². The van der Waals surface area contributed by atoms with Crippen LogP contribution in [0.15, 0.2) is 92.3 Å². The highest BCUT2D eigenvalue weighted by atomic mass is 32.2. The van der Waals surface area contributed by atoms with E-state index < -0.39 is 0 Å². The van der Waals surface area contributed by atoms with Crippen LogP contribution in [0.4, 0.5) is 5.69 Å². The zero-order valence-electron chi connectivity index (χ0n) is 11.3. The minimum Gasteiger partial charge on any atom is -0.448 e. The van der Waals surface area contributed by atoms with Crippen LogP contribution in [0.2, 0.25) is 0 Å². The van der Waals surface area contributed by atoms with Crippen molar-refractivity contribution in [1.29, 1.82) is 0 Å². The summed E-state index contributed by atoms with van der Waals surface area (Å²) in [7, 11) is 0. The third-order valence-corrected chi connectivity index (χ3v) is 3.65. The number of nitrogens with one attached hydrogen (secondary N) is 1. The summed E-state index contributed by atoms with van der Waals surface area (Å²) in [4.78, 5) is 1.15. The summed E-state index contributed by atoms with van der Waals surface area (Å²) in [5, 5.41) is 5.00. The Morgan fingerprint density at radius 1 is 0.857 bits per heavy atom. The Labute approximate surface area is 127 Å². The molecular weight excluding hydrogens is 280 g/mol. The molecule has 1 heterocycles. The van der Waals surface area contributed by atoms with Crippen LogP contribution in [0.25, 0.3) is 0 Å². The number of hydrogen-bond donors (Lipinski definition) is 1. The molecule has 0 fully saturated rings. The van der Waals surface area contributed by atoms with Crippen LogP contribution in [-0.2, 0) is 0 Å². The summed E-state index contributed by atoms with van der Waals surface area (Å²) in [5.74, 6) is 0.719. The lowest BCUT2D eigenvalue weighted by Gasteiger charge is -1.97. The average molecular weight is 294 g/mol. The lowest BCUT2D eigenvalue weighted by Crippen LogP contribution is -1.88. The van der Waals surface area contributed by atoms with Crippen molar-refractivity contribution in [2.75, 3.05) is 5.43 Å². The standard InChI is InChI=1S/C17H14N2OS/c1-3-7-14(8-4-1)19-18-13-15-11-12-17(20-15)21-16-9-5-2-6-10-16/h1-13,19H/b18-13-. The van der Waals surface area contributed by atoms with Gasteiger partial charge >= 0.3 is 0 Å². The topological polar surface area (TPSA) is 37.5 Å². The Bertz CT molecular complexity index is 708. The zero-order chi connectivity index (χ0) is 14.3. The van der Waals surface area contributed by atoms with Crippen molar-refractivity contribution in [2.45, 2.75) is 9.99 Å². The van der Waals surface area contributed by atoms with Crippen LogP contribution < -0.4 is 5.43 Å². The number of benzene rings is 2. The Hall–Kier alpha value is -2.46. The summed E-state index contributed by atoms with van der Waals surface area (Å²) in [6, 6.07) is 23.8. The predicted molar refractivity (Wildman–Crippen MR) is 86.9 cm³/mol. The molecule has 104 valence electrons. The molecule has 1 aromatic heterocycles. The number of furan rings is 1. The first-order valence-corrected chi connectivity index (χ1v) is 7.39. The second-order valence-electron chi connectivity index (χ2n) is 4.31. The molecule has 0 radical (unpaired) electrons. The molecule has 0 atom stereocenters. The quantitative estimate of drug-likeness (QED) is 0.538. The summed E-state index contributed by atoms with van der Waals surface area (Å²) < 4.78 is 5.70. The van der Waals surface area contributed by atoms with E-state index in [1.54, 1.807) is 18.0 Å². The van der Waals surface area contributed by atoms with Gasteiger partial charge in [-0.3, -0.25) is 5.43 Å². The van der Waals surface area contributed by atoms with E-state index in [0.29, 0.717) is 0 Å². The van der Waals surface area contributed by atoms with Gasteiger partial charge in [0, 0.05) is 4.90 Å². The van der Waals surface area contributed by atoms with Crippen molar-refractivity contribution in [1.82, 2.24) is 0 Å². The van der Waals surface area contributed by atoms with Crippen LogP contribution in [-0.4, -0.2) is 6.21 Å².